The van der Waals surface area contributed by atoms with Crippen molar-refractivity contribution < 1.29 is 4.74 Å². The van der Waals surface area contributed by atoms with Crippen LogP contribution in [0.3, 0.4) is 0 Å². The Bertz CT molecular complexity index is 287. The van der Waals surface area contributed by atoms with Gasteiger partial charge in [0.05, 0.1) is 24.9 Å². The zero-order valence-corrected chi connectivity index (χ0v) is 10.5. The predicted octanol–water partition coefficient (Wildman–Crippen LogP) is 2.18. The molecule has 86 valence electrons. The lowest BCUT2D eigenvalue weighted by Gasteiger charge is -2.21. The molecule has 0 saturated carbocycles. The van der Waals surface area contributed by atoms with Crippen molar-refractivity contribution in [2.24, 2.45) is 0 Å². The van der Waals surface area contributed by atoms with E-state index < -0.39 is 0 Å². The smallest absolute Gasteiger partial charge is 0.112 e. The third-order valence-corrected chi connectivity index (χ3v) is 3.30. The van der Waals surface area contributed by atoms with Crippen LogP contribution in [0, 0.1) is 0 Å². The molecule has 1 unspecified atom stereocenters. The third kappa shape index (κ3) is 3.41. The highest BCUT2D eigenvalue weighted by Crippen LogP contribution is 2.20. The van der Waals surface area contributed by atoms with Crippen molar-refractivity contribution >= 4 is 23.7 Å². The van der Waals surface area contributed by atoms with E-state index in [0.717, 1.165) is 32.6 Å². The van der Waals surface area contributed by atoms with Crippen LogP contribution in [-0.4, -0.2) is 24.7 Å². The highest BCUT2D eigenvalue weighted by atomic mass is 35.5. The Morgan fingerprint density at radius 3 is 3.20 bits per heavy atom. The highest BCUT2D eigenvalue weighted by molar-refractivity contribution is 7.09. The molecule has 1 aliphatic rings. The van der Waals surface area contributed by atoms with Crippen LogP contribution in [0.5, 0.6) is 0 Å². The van der Waals surface area contributed by atoms with Crippen molar-refractivity contribution in [3.05, 3.63) is 16.1 Å². The predicted molar refractivity (Wildman–Crippen MR) is 64.9 cm³/mol. The van der Waals surface area contributed by atoms with Crippen LogP contribution in [0.25, 0.3) is 0 Å². The van der Waals surface area contributed by atoms with Gasteiger partial charge in [0.15, 0.2) is 0 Å². The summed E-state index contributed by atoms with van der Waals surface area (Å²) in [4.78, 5) is 4.60. The van der Waals surface area contributed by atoms with Crippen molar-refractivity contribution in [3.8, 4) is 0 Å². The minimum absolute atomic E-state index is 0. The average Bonchev–Trinajstić information content (AvgIpc) is 2.68. The lowest BCUT2D eigenvalue weighted by Crippen LogP contribution is -2.34. The summed E-state index contributed by atoms with van der Waals surface area (Å²) >= 11 is 1.74. The molecule has 1 atom stereocenters. The molecule has 1 aromatic heterocycles. The minimum atomic E-state index is 0. The van der Waals surface area contributed by atoms with Crippen molar-refractivity contribution in [1.29, 1.82) is 0 Å². The van der Waals surface area contributed by atoms with E-state index in [-0.39, 0.29) is 12.4 Å². The summed E-state index contributed by atoms with van der Waals surface area (Å²) in [6, 6.07) is 0.319. The molecule has 2 heterocycles. The van der Waals surface area contributed by atoms with Gasteiger partial charge in [-0.3, -0.25) is 0 Å². The fourth-order valence-corrected chi connectivity index (χ4v) is 2.49. The van der Waals surface area contributed by atoms with Crippen molar-refractivity contribution in [2.75, 3.05) is 19.8 Å². The molecular formula is C10H17ClN2OS. The maximum Gasteiger partial charge on any atom is 0.112 e. The SMILES string of the molecule is CCCc1csc(C2COCCN2)n1.Cl. The fourth-order valence-electron chi connectivity index (χ4n) is 1.58. The van der Waals surface area contributed by atoms with E-state index in [1.54, 1.807) is 11.3 Å². The number of hydrogen-bond acceptors (Lipinski definition) is 4. The first-order valence-corrected chi connectivity index (χ1v) is 6.03. The molecular weight excluding hydrogens is 232 g/mol. The lowest BCUT2D eigenvalue weighted by molar-refractivity contribution is 0.0767. The van der Waals surface area contributed by atoms with Crippen LogP contribution in [0.15, 0.2) is 5.38 Å². The van der Waals surface area contributed by atoms with Gasteiger partial charge in [-0.1, -0.05) is 13.3 Å². The minimum Gasteiger partial charge on any atom is -0.378 e. The summed E-state index contributed by atoms with van der Waals surface area (Å²) in [6.45, 7) is 4.71. The summed E-state index contributed by atoms with van der Waals surface area (Å²) in [5.74, 6) is 0. The number of aromatic nitrogens is 1. The Balaban J connectivity index is 0.00000112. The molecule has 0 aliphatic carbocycles. The Morgan fingerprint density at radius 1 is 1.67 bits per heavy atom. The zero-order valence-electron chi connectivity index (χ0n) is 8.86. The Hall–Kier alpha value is -0.160. The largest absolute Gasteiger partial charge is 0.378 e. The van der Waals surface area contributed by atoms with Gasteiger partial charge in [-0.15, -0.1) is 23.7 Å². The summed E-state index contributed by atoms with van der Waals surface area (Å²) < 4.78 is 5.41. The Morgan fingerprint density at radius 2 is 2.53 bits per heavy atom. The summed E-state index contributed by atoms with van der Waals surface area (Å²) in [7, 11) is 0. The van der Waals surface area contributed by atoms with Gasteiger partial charge in [-0.25, -0.2) is 4.98 Å². The number of halogens is 1. The molecule has 3 nitrogen and oxygen atoms in total. The number of hydrogen-bond donors (Lipinski definition) is 1. The average molecular weight is 249 g/mol. The zero-order chi connectivity index (χ0) is 9.80. The number of thiazole rings is 1. The Kier molecular flexibility index (Phi) is 5.53. The van der Waals surface area contributed by atoms with Crippen LogP contribution >= 0.6 is 23.7 Å². The van der Waals surface area contributed by atoms with Crippen molar-refractivity contribution in [1.82, 2.24) is 10.3 Å². The number of ether oxygens (including phenoxy) is 1. The third-order valence-electron chi connectivity index (χ3n) is 2.30. The van der Waals surface area contributed by atoms with E-state index in [2.05, 4.69) is 22.6 Å². The van der Waals surface area contributed by atoms with Crippen LogP contribution < -0.4 is 5.32 Å². The second kappa shape index (κ2) is 6.43. The van der Waals surface area contributed by atoms with Crippen LogP contribution in [-0.2, 0) is 11.2 Å². The van der Waals surface area contributed by atoms with Gasteiger partial charge in [-0.2, -0.15) is 0 Å². The van der Waals surface area contributed by atoms with Crippen LogP contribution in [0.4, 0.5) is 0 Å². The first kappa shape index (κ1) is 12.9. The number of morpholine rings is 1. The van der Waals surface area contributed by atoms with Gasteiger partial charge in [-0.05, 0) is 6.42 Å². The molecule has 2 rings (SSSR count). The first-order chi connectivity index (χ1) is 6.90. The van der Waals surface area contributed by atoms with E-state index in [9.17, 15) is 0 Å². The van der Waals surface area contributed by atoms with Crippen LogP contribution in [0.2, 0.25) is 0 Å². The second-order valence-corrected chi connectivity index (χ2v) is 4.40. The molecule has 0 bridgehead atoms. The summed E-state index contributed by atoms with van der Waals surface area (Å²) in [5.41, 5.74) is 1.22. The normalized spacial score (nSPS) is 21.0. The molecule has 0 radical (unpaired) electrons. The maximum absolute atomic E-state index is 5.41. The highest BCUT2D eigenvalue weighted by Gasteiger charge is 2.18. The standard InChI is InChI=1S/C10H16N2OS.ClH/c1-2-3-8-7-14-10(12-8)9-6-13-5-4-11-9;/h7,9,11H,2-6H2,1H3;1H. The fraction of sp³-hybridized carbons (Fsp3) is 0.700. The topological polar surface area (TPSA) is 34.1 Å². The molecule has 5 heteroatoms. The molecule has 1 saturated heterocycles. The first-order valence-electron chi connectivity index (χ1n) is 5.15. The molecule has 0 aromatic carbocycles. The molecule has 15 heavy (non-hydrogen) atoms. The number of nitrogens with one attached hydrogen (secondary N) is 1. The molecule has 0 spiro atoms. The maximum atomic E-state index is 5.41. The van der Waals surface area contributed by atoms with Gasteiger partial charge in [0.1, 0.15) is 5.01 Å². The Labute approximate surface area is 101 Å². The monoisotopic (exact) mass is 248 g/mol. The number of rotatable bonds is 3. The van der Waals surface area contributed by atoms with Crippen molar-refractivity contribution in [3.63, 3.8) is 0 Å². The molecule has 1 aromatic rings. The van der Waals surface area contributed by atoms with E-state index in [1.807, 2.05) is 0 Å². The second-order valence-electron chi connectivity index (χ2n) is 3.51. The van der Waals surface area contributed by atoms with Gasteiger partial charge < -0.3 is 10.1 Å². The molecule has 1 N–H and O–H groups in total. The quantitative estimate of drug-likeness (QED) is 0.891. The van der Waals surface area contributed by atoms with E-state index in [1.165, 1.54) is 10.7 Å². The molecule has 1 aliphatic heterocycles. The molecule has 0 amide bonds. The van der Waals surface area contributed by atoms with Crippen molar-refractivity contribution in [2.45, 2.75) is 25.8 Å². The van der Waals surface area contributed by atoms with E-state index in [4.69, 9.17) is 4.74 Å². The number of nitrogens with zero attached hydrogens (tertiary/aromatic N) is 1. The number of aryl methyl sites for hydroxylation is 1. The van der Waals surface area contributed by atoms with Gasteiger partial charge in [0.25, 0.3) is 0 Å². The van der Waals surface area contributed by atoms with Gasteiger partial charge in [0, 0.05) is 11.9 Å². The van der Waals surface area contributed by atoms with E-state index in [0.29, 0.717) is 6.04 Å². The van der Waals surface area contributed by atoms with Gasteiger partial charge in [0.2, 0.25) is 0 Å². The summed E-state index contributed by atoms with van der Waals surface area (Å²) in [6.07, 6.45) is 2.25. The van der Waals surface area contributed by atoms with Crippen LogP contribution in [0.1, 0.15) is 30.1 Å². The summed E-state index contributed by atoms with van der Waals surface area (Å²) in [5, 5.41) is 6.75. The lowest BCUT2D eigenvalue weighted by atomic mass is 10.2. The molecule has 1 fully saturated rings. The van der Waals surface area contributed by atoms with Gasteiger partial charge >= 0.3 is 0 Å². The van der Waals surface area contributed by atoms with E-state index >= 15 is 0 Å².